The summed E-state index contributed by atoms with van der Waals surface area (Å²) >= 11 is 0. The van der Waals surface area contributed by atoms with E-state index in [4.69, 9.17) is 5.73 Å². The molecule has 108 valence electrons. The average Bonchev–Trinajstić information content (AvgIpc) is 2.94. The Kier molecular flexibility index (Phi) is 3.76. The minimum Gasteiger partial charge on any atom is -0.369 e. The minimum absolute atomic E-state index is 0.218. The zero-order valence-electron chi connectivity index (χ0n) is 12.0. The molecule has 0 radical (unpaired) electrons. The zero-order chi connectivity index (χ0) is 14.7. The predicted octanol–water partition coefficient (Wildman–Crippen LogP) is 2.32. The van der Waals surface area contributed by atoms with Crippen LogP contribution < -0.4 is 5.73 Å². The molecule has 2 N–H and O–H groups in total. The Morgan fingerprint density at radius 1 is 1.05 bits per heavy atom. The first-order valence-corrected chi connectivity index (χ1v) is 7.32. The topological polar surface area (TPSA) is 46.3 Å². The van der Waals surface area contributed by atoms with Crippen molar-refractivity contribution in [3.05, 3.63) is 71.8 Å². The number of carbonyl (C=O) groups excluding carboxylic acids is 1. The lowest BCUT2D eigenvalue weighted by molar-refractivity contribution is -0.123. The number of benzene rings is 2. The van der Waals surface area contributed by atoms with Gasteiger partial charge in [0.2, 0.25) is 5.91 Å². The molecule has 0 spiro atoms. The summed E-state index contributed by atoms with van der Waals surface area (Å²) in [6.07, 6.45) is 0.791. The van der Waals surface area contributed by atoms with E-state index in [0.29, 0.717) is 6.54 Å². The van der Waals surface area contributed by atoms with E-state index in [9.17, 15) is 4.79 Å². The van der Waals surface area contributed by atoms with Gasteiger partial charge in [0.1, 0.15) is 0 Å². The first-order valence-electron chi connectivity index (χ1n) is 7.32. The molecule has 1 fully saturated rings. The van der Waals surface area contributed by atoms with Gasteiger partial charge in [0.15, 0.2) is 0 Å². The van der Waals surface area contributed by atoms with Crippen LogP contribution in [0.15, 0.2) is 60.7 Å². The fraction of sp³-hybridized carbons (Fsp3) is 0.278. The molecule has 3 nitrogen and oxygen atoms in total. The molecule has 1 amide bonds. The second kappa shape index (κ2) is 5.70. The second-order valence-corrected chi connectivity index (χ2v) is 5.76. The van der Waals surface area contributed by atoms with Crippen molar-refractivity contribution in [2.45, 2.75) is 18.4 Å². The Hall–Kier alpha value is -2.13. The van der Waals surface area contributed by atoms with Crippen molar-refractivity contribution in [1.82, 2.24) is 4.90 Å². The summed E-state index contributed by atoms with van der Waals surface area (Å²) in [7, 11) is 0. The summed E-state index contributed by atoms with van der Waals surface area (Å²) in [6, 6.07) is 20.3. The molecule has 1 aliphatic rings. The number of hydrogen-bond donors (Lipinski definition) is 1. The lowest BCUT2D eigenvalue weighted by atomic mass is 9.79. The highest BCUT2D eigenvalue weighted by molar-refractivity contribution is 5.87. The van der Waals surface area contributed by atoms with Crippen molar-refractivity contribution < 1.29 is 4.79 Å². The zero-order valence-corrected chi connectivity index (χ0v) is 12.0. The van der Waals surface area contributed by atoms with Crippen LogP contribution in [0.5, 0.6) is 0 Å². The van der Waals surface area contributed by atoms with E-state index in [1.165, 1.54) is 5.56 Å². The fourth-order valence-corrected chi connectivity index (χ4v) is 3.20. The Bertz CT molecular complexity index is 612. The lowest BCUT2D eigenvalue weighted by Crippen LogP contribution is -2.43. The quantitative estimate of drug-likeness (QED) is 0.934. The van der Waals surface area contributed by atoms with Gasteiger partial charge in [-0.3, -0.25) is 9.69 Å². The number of amides is 1. The summed E-state index contributed by atoms with van der Waals surface area (Å²) in [5, 5.41) is 0. The number of nitrogens with zero attached hydrogens (tertiary/aromatic N) is 1. The third-order valence-electron chi connectivity index (χ3n) is 4.40. The van der Waals surface area contributed by atoms with Crippen LogP contribution in [0, 0.1) is 0 Å². The van der Waals surface area contributed by atoms with E-state index in [0.717, 1.165) is 25.1 Å². The number of primary amides is 1. The molecular weight excluding hydrogens is 260 g/mol. The van der Waals surface area contributed by atoms with E-state index in [1.807, 2.05) is 48.5 Å². The molecule has 3 rings (SSSR count). The van der Waals surface area contributed by atoms with Gasteiger partial charge in [-0.1, -0.05) is 60.7 Å². The van der Waals surface area contributed by atoms with Gasteiger partial charge in [-0.2, -0.15) is 0 Å². The SMILES string of the molecule is NC(=O)C1(c2ccccc2)CCN(Cc2ccccc2)C1. The smallest absolute Gasteiger partial charge is 0.229 e. The Balaban J connectivity index is 1.81. The molecule has 1 heterocycles. The molecule has 21 heavy (non-hydrogen) atoms. The average molecular weight is 280 g/mol. The van der Waals surface area contributed by atoms with Gasteiger partial charge >= 0.3 is 0 Å². The number of nitrogens with two attached hydrogens (primary N) is 1. The summed E-state index contributed by atoms with van der Waals surface area (Å²) < 4.78 is 0. The van der Waals surface area contributed by atoms with E-state index in [2.05, 4.69) is 17.0 Å². The number of rotatable bonds is 4. The Labute approximate surface area is 125 Å². The molecule has 0 bridgehead atoms. The standard InChI is InChI=1S/C18H20N2O/c19-17(21)18(16-9-5-2-6-10-16)11-12-20(14-18)13-15-7-3-1-4-8-15/h1-10H,11-14H2,(H2,19,21). The van der Waals surface area contributed by atoms with Crippen molar-refractivity contribution in [3.63, 3.8) is 0 Å². The van der Waals surface area contributed by atoms with Crippen LogP contribution >= 0.6 is 0 Å². The first kappa shape index (κ1) is 13.8. The van der Waals surface area contributed by atoms with Crippen molar-refractivity contribution in [3.8, 4) is 0 Å². The van der Waals surface area contributed by atoms with Crippen LogP contribution in [0.2, 0.25) is 0 Å². The van der Waals surface area contributed by atoms with Gasteiger partial charge in [-0.15, -0.1) is 0 Å². The molecule has 1 aliphatic heterocycles. The largest absolute Gasteiger partial charge is 0.369 e. The van der Waals surface area contributed by atoms with Gasteiger partial charge in [0.25, 0.3) is 0 Å². The van der Waals surface area contributed by atoms with Crippen LogP contribution in [0.3, 0.4) is 0 Å². The monoisotopic (exact) mass is 280 g/mol. The normalized spacial score (nSPS) is 22.3. The van der Waals surface area contributed by atoms with Crippen molar-refractivity contribution in [2.75, 3.05) is 13.1 Å². The summed E-state index contributed by atoms with van der Waals surface area (Å²) in [5.41, 5.74) is 7.51. The van der Waals surface area contributed by atoms with Crippen LogP contribution in [0.25, 0.3) is 0 Å². The van der Waals surface area contributed by atoms with Crippen LogP contribution in [0.1, 0.15) is 17.5 Å². The third-order valence-corrected chi connectivity index (χ3v) is 4.40. The van der Waals surface area contributed by atoms with Gasteiger partial charge in [-0.25, -0.2) is 0 Å². The van der Waals surface area contributed by atoms with Crippen molar-refractivity contribution >= 4 is 5.91 Å². The fourth-order valence-electron chi connectivity index (χ4n) is 3.20. The highest BCUT2D eigenvalue weighted by atomic mass is 16.1. The Morgan fingerprint density at radius 2 is 1.67 bits per heavy atom. The molecule has 3 heteroatoms. The lowest BCUT2D eigenvalue weighted by Gasteiger charge is -2.26. The van der Waals surface area contributed by atoms with Crippen LogP contribution in [-0.2, 0) is 16.8 Å². The molecular formula is C18H20N2O. The van der Waals surface area contributed by atoms with E-state index in [-0.39, 0.29) is 5.91 Å². The van der Waals surface area contributed by atoms with E-state index in [1.54, 1.807) is 0 Å². The predicted molar refractivity (Wildman–Crippen MR) is 83.7 cm³/mol. The maximum absolute atomic E-state index is 12.1. The molecule has 0 aromatic heterocycles. The number of carbonyl (C=O) groups is 1. The summed E-state index contributed by atoms with van der Waals surface area (Å²) in [6.45, 7) is 2.46. The van der Waals surface area contributed by atoms with Gasteiger partial charge in [0, 0.05) is 13.1 Å². The maximum Gasteiger partial charge on any atom is 0.229 e. The minimum atomic E-state index is -0.546. The van der Waals surface area contributed by atoms with Gasteiger partial charge < -0.3 is 5.73 Å². The van der Waals surface area contributed by atoms with Crippen LogP contribution in [0.4, 0.5) is 0 Å². The molecule has 0 aliphatic carbocycles. The second-order valence-electron chi connectivity index (χ2n) is 5.76. The number of hydrogen-bond acceptors (Lipinski definition) is 2. The van der Waals surface area contributed by atoms with Gasteiger partial charge in [-0.05, 0) is 24.1 Å². The highest BCUT2D eigenvalue weighted by Gasteiger charge is 2.44. The first-order chi connectivity index (χ1) is 10.2. The highest BCUT2D eigenvalue weighted by Crippen LogP contribution is 2.35. The summed E-state index contributed by atoms with van der Waals surface area (Å²) in [4.78, 5) is 14.4. The third kappa shape index (κ3) is 2.69. The van der Waals surface area contributed by atoms with Crippen molar-refractivity contribution in [1.29, 1.82) is 0 Å². The van der Waals surface area contributed by atoms with E-state index < -0.39 is 5.41 Å². The maximum atomic E-state index is 12.1. The van der Waals surface area contributed by atoms with Crippen molar-refractivity contribution in [2.24, 2.45) is 5.73 Å². The van der Waals surface area contributed by atoms with Gasteiger partial charge in [0.05, 0.1) is 5.41 Å². The van der Waals surface area contributed by atoms with Crippen LogP contribution in [-0.4, -0.2) is 23.9 Å². The molecule has 2 aromatic rings. The molecule has 1 unspecified atom stereocenters. The van der Waals surface area contributed by atoms with E-state index >= 15 is 0 Å². The molecule has 2 aromatic carbocycles. The molecule has 1 saturated heterocycles. The summed E-state index contributed by atoms with van der Waals surface area (Å²) in [5.74, 6) is -0.218. The number of likely N-dealkylation sites (tertiary alicyclic amines) is 1. The molecule has 1 atom stereocenters. The molecule has 0 saturated carbocycles. The Morgan fingerprint density at radius 3 is 2.29 bits per heavy atom.